The Bertz CT molecular complexity index is 914. The highest BCUT2D eigenvalue weighted by atomic mass is 16.5. The Morgan fingerprint density at radius 1 is 1.00 bits per heavy atom. The number of nitrogens with zero attached hydrogens (tertiary/aromatic N) is 4. The first-order valence-corrected chi connectivity index (χ1v) is 10.6. The molecule has 8 nitrogen and oxygen atoms in total. The van der Waals surface area contributed by atoms with Crippen molar-refractivity contribution < 1.29 is 19.1 Å². The summed E-state index contributed by atoms with van der Waals surface area (Å²) >= 11 is 0. The molecule has 158 valence electrons. The average Bonchev–Trinajstić information content (AvgIpc) is 3.30. The normalized spacial score (nSPS) is 23.3. The van der Waals surface area contributed by atoms with E-state index in [1.165, 1.54) is 0 Å². The van der Waals surface area contributed by atoms with Crippen LogP contribution in [0.4, 0.5) is 0 Å². The number of rotatable bonds is 2. The van der Waals surface area contributed by atoms with Crippen molar-refractivity contribution in [2.45, 2.75) is 31.1 Å². The van der Waals surface area contributed by atoms with Gasteiger partial charge in [-0.25, -0.2) is 4.98 Å². The number of likely N-dealkylation sites (tertiary alicyclic amines) is 1. The standard InChI is InChI=1S/C22H26N4O4/c27-19(17-4-2-1-3-5-17)24-9-6-22(7-10-24)21-23-8-11-26(21)16-18(30-22)20(28)25-12-14-29-15-13-25/h1-5,8,11,18H,6-7,9-10,12-16H2. The summed E-state index contributed by atoms with van der Waals surface area (Å²) in [5.41, 5.74) is 0.0573. The molecule has 0 bridgehead atoms. The summed E-state index contributed by atoms with van der Waals surface area (Å²) in [6.45, 7) is 3.94. The Balaban J connectivity index is 1.33. The summed E-state index contributed by atoms with van der Waals surface area (Å²) < 4.78 is 13.9. The van der Waals surface area contributed by atoms with E-state index in [0.29, 0.717) is 64.3 Å². The molecule has 3 aliphatic heterocycles. The van der Waals surface area contributed by atoms with Gasteiger partial charge < -0.3 is 23.8 Å². The molecule has 1 unspecified atom stereocenters. The number of piperidine rings is 1. The molecule has 30 heavy (non-hydrogen) atoms. The second-order valence-corrected chi connectivity index (χ2v) is 8.10. The monoisotopic (exact) mass is 410 g/mol. The third-order valence-electron chi connectivity index (χ3n) is 6.33. The Kier molecular flexibility index (Phi) is 5.04. The van der Waals surface area contributed by atoms with E-state index in [0.717, 1.165) is 5.82 Å². The number of morpholine rings is 1. The quantitative estimate of drug-likeness (QED) is 0.745. The number of carbonyl (C=O) groups is 2. The van der Waals surface area contributed by atoms with Crippen molar-refractivity contribution in [2.24, 2.45) is 0 Å². The number of ether oxygens (including phenoxy) is 2. The molecular weight excluding hydrogens is 384 g/mol. The van der Waals surface area contributed by atoms with Crippen LogP contribution in [0.3, 0.4) is 0 Å². The molecule has 2 saturated heterocycles. The second kappa shape index (κ2) is 7.85. The average molecular weight is 410 g/mol. The molecule has 1 spiro atoms. The zero-order valence-electron chi connectivity index (χ0n) is 16.9. The van der Waals surface area contributed by atoms with Gasteiger partial charge in [-0.3, -0.25) is 9.59 Å². The molecule has 1 aromatic heterocycles. The summed E-state index contributed by atoms with van der Waals surface area (Å²) in [7, 11) is 0. The molecule has 0 radical (unpaired) electrons. The molecule has 5 rings (SSSR count). The largest absolute Gasteiger partial charge is 0.378 e. The lowest BCUT2D eigenvalue weighted by Gasteiger charge is -2.46. The van der Waals surface area contributed by atoms with Gasteiger partial charge in [-0.1, -0.05) is 18.2 Å². The van der Waals surface area contributed by atoms with Crippen molar-refractivity contribution in [1.82, 2.24) is 19.4 Å². The minimum absolute atomic E-state index is 0.0137. The number of aromatic nitrogens is 2. The number of amides is 2. The predicted octanol–water partition coefficient (Wildman–Crippen LogP) is 1.27. The van der Waals surface area contributed by atoms with Gasteiger partial charge in [-0.05, 0) is 12.1 Å². The number of benzene rings is 1. The lowest BCUT2D eigenvalue weighted by atomic mass is 9.88. The van der Waals surface area contributed by atoms with Crippen LogP contribution >= 0.6 is 0 Å². The van der Waals surface area contributed by atoms with E-state index in [4.69, 9.17) is 9.47 Å². The first kappa shape index (κ1) is 19.3. The molecule has 0 saturated carbocycles. The van der Waals surface area contributed by atoms with Crippen molar-refractivity contribution in [1.29, 1.82) is 0 Å². The van der Waals surface area contributed by atoms with Crippen LogP contribution < -0.4 is 0 Å². The maximum atomic E-state index is 13.1. The van der Waals surface area contributed by atoms with E-state index in [1.54, 1.807) is 6.20 Å². The molecule has 0 N–H and O–H groups in total. The fourth-order valence-electron chi connectivity index (χ4n) is 4.69. The zero-order chi connectivity index (χ0) is 20.6. The van der Waals surface area contributed by atoms with Crippen LogP contribution in [0, 0.1) is 0 Å². The van der Waals surface area contributed by atoms with Crippen LogP contribution in [0.15, 0.2) is 42.7 Å². The molecule has 2 aromatic rings. The van der Waals surface area contributed by atoms with E-state index < -0.39 is 11.7 Å². The molecule has 0 aliphatic carbocycles. The first-order chi connectivity index (χ1) is 14.7. The van der Waals surface area contributed by atoms with E-state index in [1.807, 2.05) is 50.9 Å². The minimum Gasteiger partial charge on any atom is -0.378 e. The van der Waals surface area contributed by atoms with E-state index >= 15 is 0 Å². The molecule has 1 atom stereocenters. The van der Waals surface area contributed by atoms with Crippen molar-refractivity contribution in [3.63, 3.8) is 0 Å². The van der Waals surface area contributed by atoms with Crippen LogP contribution in [0.25, 0.3) is 0 Å². The lowest BCUT2D eigenvalue weighted by molar-refractivity contribution is -0.182. The van der Waals surface area contributed by atoms with Crippen LogP contribution in [-0.4, -0.2) is 76.7 Å². The van der Waals surface area contributed by atoms with Gasteiger partial charge in [0.15, 0.2) is 6.10 Å². The summed E-state index contributed by atoms with van der Waals surface area (Å²) in [4.78, 5) is 34.2. The van der Waals surface area contributed by atoms with Gasteiger partial charge in [-0.2, -0.15) is 0 Å². The molecular formula is C22H26N4O4. The minimum atomic E-state index is -0.637. The highest BCUT2D eigenvalue weighted by Crippen LogP contribution is 2.40. The first-order valence-electron chi connectivity index (χ1n) is 10.6. The van der Waals surface area contributed by atoms with E-state index in [2.05, 4.69) is 4.98 Å². The van der Waals surface area contributed by atoms with Gasteiger partial charge in [-0.15, -0.1) is 0 Å². The Morgan fingerprint density at radius 3 is 2.47 bits per heavy atom. The Labute approximate surface area is 175 Å². The molecule has 2 amide bonds. The number of imidazole rings is 1. The summed E-state index contributed by atoms with van der Waals surface area (Å²) in [6, 6.07) is 9.34. The maximum Gasteiger partial charge on any atom is 0.253 e. The van der Waals surface area contributed by atoms with Crippen LogP contribution in [0.2, 0.25) is 0 Å². The van der Waals surface area contributed by atoms with Crippen molar-refractivity contribution >= 4 is 11.8 Å². The number of hydrogen-bond donors (Lipinski definition) is 0. The van der Waals surface area contributed by atoms with Crippen LogP contribution in [-0.2, 0) is 26.4 Å². The number of fused-ring (bicyclic) bond motifs is 2. The van der Waals surface area contributed by atoms with Crippen molar-refractivity contribution in [3.05, 3.63) is 54.1 Å². The second-order valence-electron chi connectivity index (χ2n) is 8.10. The summed E-state index contributed by atoms with van der Waals surface area (Å²) in [5.74, 6) is 0.908. The maximum absolute atomic E-state index is 13.1. The van der Waals surface area contributed by atoms with Crippen molar-refractivity contribution in [3.8, 4) is 0 Å². The van der Waals surface area contributed by atoms with Crippen LogP contribution in [0.1, 0.15) is 29.0 Å². The molecule has 4 heterocycles. The molecule has 2 fully saturated rings. The van der Waals surface area contributed by atoms with E-state index in [-0.39, 0.29) is 11.8 Å². The summed E-state index contributed by atoms with van der Waals surface area (Å²) in [6.07, 6.45) is 4.39. The third-order valence-corrected chi connectivity index (χ3v) is 6.33. The molecule has 1 aromatic carbocycles. The number of hydrogen-bond acceptors (Lipinski definition) is 5. The van der Waals surface area contributed by atoms with Gasteiger partial charge in [0.25, 0.3) is 11.8 Å². The topological polar surface area (TPSA) is 76.9 Å². The fraction of sp³-hybridized carbons (Fsp3) is 0.500. The lowest BCUT2D eigenvalue weighted by Crippen LogP contribution is -2.56. The van der Waals surface area contributed by atoms with Gasteiger partial charge in [0.1, 0.15) is 11.4 Å². The molecule has 8 heteroatoms. The third kappa shape index (κ3) is 3.40. The number of carbonyl (C=O) groups excluding carboxylic acids is 2. The highest BCUT2D eigenvalue weighted by Gasteiger charge is 2.48. The van der Waals surface area contributed by atoms with Gasteiger partial charge in [0, 0.05) is 57.0 Å². The van der Waals surface area contributed by atoms with E-state index in [9.17, 15) is 9.59 Å². The smallest absolute Gasteiger partial charge is 0.253 e. The predicted molar refractivity (Wildman–Crippen MR) is 108 cm³/mol. The Hall–Kier alpha value is -2.71. The highest BCUT2D eigenvalue weighted by molar-refractivity contribution is 5.94. The van der Waals surface area contributed by atoms with Gasteiger partial charge in [0.05, 0.1) is 19.8 Å². The molecule has 3 aliphatic rings. The zero-order valence-corrected chi connectivity index (χ0v) is 16.9. The fourth-order valence-corrected chi connectivity index (χ4v) is 4.69. The van der Waals surface area contributed by atoms with Crippen LogP contribution in [0.5, 0.6) is 0 Å². The summed E-state index contributed by atoms with van der Waals surface area (Å²) in [5, 5.41) is 0. The van der Waals surface area contributed by atoms with Gasteiger partial charge in [0.2, 0.25) is 0 Å². The van der Waals surface area contributed by atoms with Gasteiger partial charge >= 0.3 is 0 Å². The Morgan fingerprint density at radius 2 is 1.73 bits per heavy atom. The SMILES string of the molecule is O=C(c1ccccc1)N1CCC2(CC1)OC(C(=O)N1CCOCC1)Cn1ccnc12. The van der Waals surface area contributed by atoms with Crippen molar-refractivity contribution in [2.75, 3.05) is 39.4 Å².